The number of aliphatic hydroxyl groups excluding tert-OH is 1. The highest BCUT2D eigenvalue weighted by Crippen LogP contribution is 2.18. The Morgan fingerprint density at radius 2 is 2.15 bits per heavy atom. The Kier molecular flexibility index (Phi) is 3.94. The van der Waals surface area contributed by atoms with Crippen LogP contribution < -0.4 is 0 Å². The van der Waals surface area contributed by atoms with Crippen LogP contribution >= 0.6 is 25.3 Å². The molecule has 0 aromatic carbocycles. The maximum absolute atomic E-state index is 11.2. The summed E-state index contributed by atoms with van der Waals surface area (Å²) in [6.45, 7) is 0.224. The van der Waals surface area contributed by atoms with E-state index in [0.29, 0.717) is 6.54 Å². The van der Waals surface area contributed by atoms with Gasteiger partial charge in [-0.15, -0.1) is 25.3 Å². The first-order chi connectivity index (χ1) is 5.96. The topological polar surface area (TPSA) is 57.6 Å². The van der Waals surface area contributed by atoms with Crippen molar-refractivity contribution in [2.24, 2.45) is 0 Å². The molecule has 4 nitrogen and oxygen atoms in total. The molecule has 0 radical (unpaired) electrons. The lowest BCUT2D eigenvalue weighted by atomic mass is 10.3. The number of rotatable bonds is 2. The molecular formula is C6H13NO3S3. The van der Waals surface area contributed by atoms with Gasteiger partial charge in [0.2, 0.25) is 0 Å². The molecule has 1 N–H and O–H groups in total. The number of hydrogen-bond acceptors (Lipinski definition) is 6. The van der Waals surface area contributed by atoms with Crippen molar-refractivity contribution in [1.82, 2.24) is 4.90 Å². The number of nitrogens with zero attached hydrogens (tertiary/aromatic N) is 1. The van der Waals surface area contributed by atoms with E-state index in [4.69, 9.17) is 5.11 Å². The minimum atomic E-state index is -2.98. The normalized spacial score (nSPS) is 29.4. The molecule has 0 unspecified atom stereocenters. The van der Waals surface area contributed by atoms with E-state index in [1.807, 2.05) is 0 Å². The van der Waals surface area contributed by atoms with E-state index in [-0.39, 0.29) is 28.9 Å². The smallest absolute Gasteiger partial charge is 0.153 e. The van der Waals surface area contributed by atoms with E-state index in [1.54, 1.807) is 4.90 Å². The van der Waals surface area contributed by atoms with Crippen molar-refractivity contribution in [3.63, 3.8) is 0 Å². The third kappa shape index (κ3) is 3.02. The van der Waals surface area contributed by atoms with Crippen LogP contribution in [0.2, 0.25) is 0 Å². The molecule has 0 spiro atoms. The summed E-state index contributed by atoms with van der Waals surface area (Å²) in [6, 6.07) is -0.362. The van der Waals surface area contributed by atoms with Gasteiger partial charge in [0.1, 0.15) is 0 Å². The van der Waals surface area contributed by atoms with E-state index < -0.39 is 9.84 Å². The molecular weight excluding hydrogens is 230 g/mol. The number of sulfone groups is 1. The summed E-state index contributed by atoms with van der Waals surface area (Å²) in [7, 11) is -2.98. The van der Waals surface area contributed by atoms with Crippen LogP contribution in [0.4, 0.5) is 0 Å². The summed E-state index contributed by atoms with van der Waals surface area (Å²) in [5.74, 6) is 0.127. The fourth-order valence-electron chi connectivity index (χ4n) is 1.36. The van der Waals surface area contributed by atoms with Crippen molar-refractivity contribution < 1.29 is 13.5 Å². The van der Waals surface area contributed by atoms with Crippen molar-refractivity contribution in [1.29, 1.82) is 0 Å². The molecule has 1 atom stereocenters. The summed E-state index contributed by atoms with van der Waals surface area (Å²) in [4.78, 5) is 1.77. The lowest BCUT2D eigenvalue weighted by molar-refractivity contribution is 0.149. The predicted molar refractivity (Wildman–Crippen MR) is 58.0 cm³/mol. The number of thiol groups is 2. The highest BCUT2D eigenvalue weighted by Gasteiger charge is 2.32. The fourth-order valence-corrected chi connectivity index (χ4v) is 3.51. The zero-order chi connectivity index (χ0) is 10.1. The maximum atomic E-state index is 11.2. The Hall–Kier alpha value is 0.570. The van der Waals surface area contributed by atoms with Gasteiger partial charge in [0.05, 0.1) is 22.8 Å². The standard InChI is InChI=1S/C6H13NO3S3/c8-3-5-4-13(9,10)2-1-7(5)6(11)12/h5-6,8,11-12H,1-4H2/t5-/m0/s1. The van der Waals surface area contributed by atoms with E-state index in [9.17, 15) is 8.42 Å². The van der Waals surface area contributed by atoms with E-state index in [1.165, 1.54) is 0 Å². The van der Waals surface area contributed by atoms with Crippen LogP contribution in [-0.4, -0.2) is 53.8 Å². The maximum Gasteiger partial charge on any atom is 0.153 e. The first kappa shape index (κ1) is 11.6. The van der Waals surface area contributed by atoms with E-state index in [2.05, 4.69) is 25.3 Å². The van der Waals surface area contributed by atoms with Gasteiger partial charge in [-0.2, -0.15) is 0 Å². The Bertz CT molecular complexity index is 264. The molecule has 1 aliphatic heterocycles. The van der Waals surface area contributed by atoms with Crippen LogP contribution in [-0.2, 0) is 9.84 Å². The molecule has 13 heavy (non-hydrogen) atoms. The van der Waals surface area contributed by atoms with Gasteiger partial charge in [-0.05, 0) is 0 Å². The Morgan fingerprint density at radius 3 is 2.62 bits per heavy atom. The fraction of sp³-hybridized carbons (Fsp3) is 1.00. The third-order valence-corrected chi connectivity index (χ3v) is 4.37. The molecule has 1 saturated heterocycles. The van der Waals surface area contributed by atoms with Crippen LogP contribution in [0.3, 0.4) is 0 Å². The van der Waals surface area contributed by atoms with E-state index >= 15 is 0 Å². The molecule has 0 amide bonds. The second kappa shape index (κ2) is 4.39. The summed E-state index contributed by atoms with van der Waals surface area (Å²) >= 11 is 8.19. The summed E-state index contributed by atoms with van der Waals surface area (Å²) < 4.78 is 22.1. The van der Waals surface area contributed by atoms with Crippen LogP contribution in [0.25, 0.3) is 0 Å². The molecule has 0 aromatic heterocycles. The molecule has 7 heteroatoms. The van der Waals surface area contributed by atoms with Crippen LogP contribution in [0, 0.1) is 0 Å². The largest absolute Gasteiger partial charge is 0.395 e. The second-order valence-corrected chi connectivity index (χ2v) is 6.65. The van der Waals surface area contributed by atoms with Crippen LogP contribution in [0.1, 0.15) is 0 Å². The highest BCUT2D eigenvalue weighted by molar-refractivity contribution is 7.99. The van der Waals surface area contributed by atoms with E-state index in [0.717, 1.165) is 0 Å². The van der Waals surface area contributed by atoms with Crippen LogP contribution in [0.15, 0.2) is 0 Å². The molecule has 1 fully saturated rings. The number of aliphatic hydroxyl groups is 1. The second-order valence-electron chi connectivity index (χ2n) is 3.03. The van der Waals surface area contributed by atoms with Gasteiger partial charge in [0, 0.05) is 12.6 Å². The first-order valence-corrected chi connectivity index (χ1v) is 6.75. The van der Waals surface area contributed by atoms with Crippen molar-refractivity contribution >= 4 is 35.1 Å². The zero-order valence-electron chi connectivity index (χ0n) is 7.00. The summed E-state index contributed by atoms with van der Waals surface area (Å²) in [5.41, 5.74) is 0. The predicted octanol–water partition coefficient (Wildman–Crippen LogP) is -0.779. The van der Waals surface area contributed by atoms with Gasteiger partial charge < -0.3 is 5.11 Å². The van der Waals surface area contributed by atoms with Gasteiger partial charge in [0.15, 0.2) is 9.84 Å². The zero-order valence-corrected chi connectivity index (χ0v) is 9.60. The molecule has 0 aliphatic carbocycles. The Balaban J connectivity index is 2.72. The average molecular weight is 243 g/mol. The van der Waals surface area contributed by atoms with Gasteiger partial charge in [-0.25, -0.2) is 8.42 Å². The third-order valence-electron chi connectivity index (χ3n) is 2.08. The lowest BCUT2D eigenvalue weighted by Gasteiger charge is -2.35. The van der Waals surface area contributed by atoms with Gasteiger partial charge in [-0.3, -0.25) is 4.90 Å². The van der Waals surface area contributed by atoms with Crippen LogP contribution in [0.5, 0.6) is 0 Å². The van der Waals surface area contributed by atoms with Gasteiger partial charge in [-0.1, -0.05) is 0 Å². The first-order valence-electron chi connectivity index (χ1n) is 3.89. The summed E-state index contributed by atoms with van der Waals surface area (Å²) in [6.07, 6.45) is 0. The molecule has 1 heterocycles. The lowest BCUT2D eigenvalue weighted by Crippen LogP contribution is -2.51. The Morgan fingerprint density at radius 1 is 1.54 bits per heavy atom. The van der Waals surface area contributed by atoms with Gasteiger partial charge in [0.25, 0.3) is 0 Å². The number of hydrogen-bond donors (Lipinski definition) is 3. The molecule has 0 bridgehead atoms. The molecule has 0 aromatic rings. The van der Waals surface area contributed by atoms with Crippen molar-refractivity contribution in [2.75, 3.05) is 24.7 Å². The molecule has 0 saturated carbocycles. The minimum absolute atomic E-state index is 0.00111. The quantitative estimate of drug-likeness (QED) is 0.440. The van der Waals surface area contributed by atoms with Crippen molar-refractivity contribution in [3.8, 4) is 0 Å². The molecule has 1 rings (SSSR count). The SMILES string of the molecule is O=S1(=O)CCN(C(S)S)[C@@H](CO)C1. The minimum Gasteiger partial charge on any atom is -0.395 e. The summed E-state index contributed by atoms with van der Waals surface area (Å²) in [5, 5.41) is 8.97. The monoisotopic (exact) mass is 243 g/mol. The molecule has 1 aliphatic rings. The molecule has 78 valence electrons. The average Bonchev–Trinajstić information content (AvgIpc) is 2.01. The van der Waals surface area contributed by atoms with Gasteiger partial charge >= 0.3 is 0 Å². The highest BCUT2D eigenvalue weighted by atomic mass is 32.2. The van der Waals surface area contributed by atoms with Crippen molar-refractivity contribution in [3.05, 3.63) is 0 Å². The Labute approximate surface area is 89.0 Å². The van der Waals surface area contributed by atoms with Crippen molar-refractivity contribution in [2.45, 2.75) is 10.7 Å².